The molecule has 3 saturated heterocycles. The Bertz CT molecular complexity index is 1530. The Balaban J connectivity index is 1.05. The predicted octanol–water partition coefficient (Wildman–Crippen LogP) is 4.30. The molecule has 0 spiro atoms. The molecule has 7 rings (SSSR count). The van der Waals surface area contributed by atoms with Gasteiger partial charge in [0.2, 0.25) is 0 Å². The number of hydrogen-bond acceptors (Lipinski definition) is 6. The van der Waals surface area contributed by atoms with Gasteiger partial charge < -0.3 is 25.6 Å². The van der Waals surface area contributed by atoms with E-state index < -0.39 is 0 Å². The molecule has 3 aromatic rings. The first-order valence-corrected chi connectivity index (χ1v) is 15.2. The molecule has 42 heavy (non-hydrogen) atoms. The standard InChI is InChI=1S/C32H31N5O4S/c38-29(34-21-16-18-36(19-21)31(39)20-7-3-1-4-8-20)28-27-26-25(15-17-33-30(26)42-28)37(32(40)35-27)22-11-13-24(14-12-22)41-23-9-5-2-6-10-23/h1-14,21,25-26,30,33H,15-19H2,(H,34,38)(H,35,40)/t21-,25?,26?,30?/m0/s1. The van der Waals surface area contributed by atoms with Crippen LogP contribution in [-0.4, -0.2) is 59.8 Å². The third-order valence-corrected chi connectivity index (χ3v) is 9.63. The fourth-order valence-corrected chi connectivity index (χ4v) is 7.70. The minimum atomic E-state index is -0.239. The number of likely N-dealkylation sites (tertiary alicyclic amines) is 1. The summed E-state index contributed by atoms with van der Waals surface area (Å²) in [5.41, 5.74) is 2.13. The van der Waals surface area contributed by atoms with Crippen LogP contribution in [0.4, 0.5) is 10.5 Å². The summed E-state index contributed by atoms with van der Waals surface area (Å²) < 4.78 is 5.93. The van der Waals surface area contributed by atoms with Gasteiger partial charge in [-0.05, 0) is 67.9 Å². The number of benzene rings is 3. The Morgan fingerprint density at radius 3 is 2.38 bits per heavy atom. The quantitative estimate of drug-likeness (QED) is 0.401. The van der Waals surface area contributed by atoms with E-state index in [2.05, 4.69) is 16.0 Å². The summed E-state index contributed by atoms with van der Waals surface area (Å²) in [6.45, 7) is 1.80. The van der Waals surface area contributed by atoms with Crippen LogP contribution in [0, 0.1) is 5.92 Å². The molecule has 4 heterocycles. The van der Waals surface area contributed by atoms with E-state index in [1.807, 2.05) is 89.8 Å². The molecule has 4 amide bonds. The summed E-state index contributed by atoms with van der Waals surface area (Å²) in [4.78, 5) is 44.1. The number of piperidine rings is 1. The number of urea groups is 1. The molecule has 0 radical (unpaired) electrons. The summed E-state index contributed by atoms with van der Waals surface area (Å²) in [5, 5.41) is 9.73. The van der Waals surface area contributed by atoms with E-state index in [0.717, 1.165) is 24.4 Å². The number of anilines is 1. The summed E-state index contributed by atoms with van der Waals surface area (Å²) in [6, 6.07) is 25.9. The Morgan fingerprint density at radius 2 is 1.62 bits per heavy atom. The highest BCUT2D eigenvalue weighted by molar-refractivity contribution is 8.04. The van der Waals surface area contributed by atoms with Gasteiger partial charge in [0.05, 0.1) is 16.3 Å². The monoisotopic (exact) mass is 581 g/mol. The Kier molecular flexibility index (Phi) is 7.09. The van der Waals surface area contributed by atoms with Gasteiger partial charge in [0.25, 0.3) is 11.8 Å². The normalized spacial score (nSPS) is 24.7. The number of ether oxygens (including phenoxy) is 1. The van der Waals surface area contributed by atoms with E-state index in [4.69, 9.17) is 4.74 Å². The molecule has 3 N–H and O–H groups in total. The van der Waals surface area contributed by atoms with Crippen molar-refractivity contribution in [2.45, 2.75) is 30.3 Å². The van der Waals surface area contributed by atoms with Gasteiger partial charge in [0.15, 0.2) is 0 Å². The first-order valence-electron chi connectivity index (χ1n) is 14.3. The van der Waals surface area contributed by atoms with Gasteiger partial charge >= 0.3 is 6.03 Å². The van der Waals surface area contributed by atoms with Crippen molar-refractivity contribution in [3.8, 4) is 11.5 Å². The lowest BCUT2D eigenvalue weighted by molar-refractivity contribution is -0.117. The summed E-state index contributed by atoms with van der Waals surface area (Å²) >= 11 is 1.48. The van der Waals surface area contributed by atoms with Gasteiger partial charge in [0.1, 0.15) is 11.5 Å². The predicted molar refractivity (Wildman–Crippen MR) is 161 cm³/mol. The second kappa shape index (κ2) is 11.2. The highest BCUT2D eigenvalue weighted by atomic mass is 32.2. The average Bonchev–Trinajstić information content (AvgIpc) is 3.64. The molecule has 4 aliphatic heterocycles. The zero-order chi connectivity index (χ0) is 28.6. The van der Waals surface area contributed by atoms with Crippen LogP contribution in [0.5, 0.6) is 11.5 Å². The topological polar surface area (TPSA) is 103 Å². The third-order valence-electron chi connectivity index (χ3n) is 8.27. The van der Waals surface area contributed by atoms with Crippen LogP contribution in [0.15, 0.2) is 95.5 Å². The van der Waals surface area contributed by atoms with Crippen molar-refractivity contribution in [1.82, 2.24) is 20.9 Å². The van der Waals surface area contributed by atoms with Crippen molar-refractivity contribution in [2.24, 2.45) is 5.92 Å². The Labute approximate surface area is 248 Å². The maximum absolute atomic E-state index is 13.5. The van der Waals surface area contributed by atoms with E-state index in [1.165, 1.54) is 11.8 Å². The van der Waals surface area contributed by atoms with Crippen molar-refractivity contribution in [3.05, 3.63) is 101 Å². The Hall–Kier alpha value is -4.28. The molecule has 0 aromatic heterocycles. The second-order valence-corrected chi connectivity index (χ2v) is 12.1. The maximum Gasteiger partial charge on any atom is 0.326 e. The molecular weight excluding hydrogens is 550 g/mol. The third kappa shape index (κ3) is 5.01. The number of hydrogen-bond donors (Lipinski definition) is 3. The molecule has 0 bridgehead atoms. The zero-order valence-corrected chi connectivity index (χ0v) is 23.7. The smallest absolute Gasteiger partial charge is 0.326 e. The largest absolute Gasteiger partial charge is 0.457 e. The molecule has 3 fully saturated rings. The van der Waals surface area contributed by atoms with Crippen molar-refractivity contribution in [1.29, 1.82) is 0 Å². The van der Waals surface area contributed by atoms with Crippen LogP contribution in [-0.2, 0) is 4.79 Å². The number of nitrogens with one attached hydrogen (secondary N) is 3. The van der Waals surface area contributed by atoms with Crippen LogP contribution >= 0.6 is 11.8 Å². The molecular formula is C32H31N5O4S. The van der Waals surface area contributed by atoms with Crippen LogP contribution in [0.3, 0.4) is 0 Å². The van der Waals surface area contributed by atoms with E-state index in [-0.39, 0.29) is 41.2 Å². The summed E-state index contributed by atoms with van der Waals surface area (Å²) in [7, 11) is 0. The van der Waals surface area contributed by atoms with Crippen molar-refractivity contribution in [2.75, 3.05) is 24.5 Å². The van der Waals surface area contributed by atoms with Gasteiger partial charge in [-0.2, -0.15) is 0 Å². The van der Waals surface area contributed by atoms with Crippen molar-refractivity contribution >= 4 is 35.3 Å². The minimum Gasteiger partial charge on any atom is -0.457 e. The fraction of sp³-hybridized carbons (Fsp3) is 0.281. The molecule has 10 heteroatoms. The average molecular weight is 582 g/mol. The maximum atomic E-state index is 13.5. The van der Waals surface area contributed by atoms with Crippen LogP contribution in [0.1, 0.15) is 23.2 Å². The second-order valence-electron chi connectivity index (χ2n) is 10.9. The molecule has 4 aliphatic rings. The number of thioether (sulfide) groups is 1. The SMILES string of the molecule is O=C(N[C@H]1CCN(C(=O)c2ccccc2)C1)C1=C2NC(=O)N(c3ccc(Oc4ccccc4)cc3)C3CCNC(S1)C23. The summed E-state index contributed by atoms with van der Waals surface area (Å²) in [5.74, 6) is 1.18. The number of nitrogens with zero attached hydrogens (tertiary/aromatic N) is 2. The number of carbonyl (C=O) groups is 3. The lowest BCUT2D eigenvalue weighted by atomic mass is 9.86. The van der Waals surface area contributed by atoms with Crippen LogP contribution in [0.25, 0.3) is 0 Å². The molecule has 0 saturated carbocycles. The van der Waals surface area contributed by atoms with Crippen molar-refractivity contribution in [3.63, 3.8) is 0 Å². The van der Waals surface area contributed by atoms with E-state index in [9.17, 15) is 14.4 Å². The zero-order valence-electron chi connectivity index (χ0n) is 22.9. The molecule has 214 valence electrons. The van der Waals surface area contributed by atoms with E-state index >= 15 is 0 Å². The molecule has 9 nitrogen and oxygen atoms in total. The van der Waals surface area contributed by atoms with Crippen molar-refractivity contribution < 1.29 is 19.1 Å². The molecule has 0 aliphatic carbocycles. The number of para-hydroxylation sites is 1. The van der Waals surface area contributed by atoms with E-state index in [0.29, 0.717) is 41.4 Å². The van der Waals surface area contributed by atoms with Gasteiger partial charge in [-0.15, -0.1) is 0 Å². The highest BCUT2D eigenvalue weighted by Crippen LogP contribution is 2.48. The van der Waals surface area contributed by atoms with Crippen LogP contribution < -0.4 is 25.6 Å². The van der Waals surface area contributed by atoms with E-state index in [1.54, 1.807) is 4.90 Å². The fourth-order valence-electron chi connectivity index (χ4n) is 6.30. The van der Waals surface area contributed by atoms with Gasteiger partial charge in [-0.3, -0.25) is 14.5 Å². The lowest BCUT2D eigenvalue weighted by Gasteiger charge is -2.45. The molecule has 3 aromatic carbocycles. The van der Waals surface area contributed by atoms with Crippen LogP contribution in [0.2, 0.25) is 0 Å². The Morgan fingerprint density at radius 1 is 0.905 bits per heavy atom. The minimum absolute atomic E-state index is 0.0111. The lowest BCUT2D eigenvalue weighted by Crippen LogP contribution is -2.62. The number of amides is 4. The van der Waals surface area contributed by atoms with Gasteiger partial charge in [-0.1, -0.05) is 48.2 Å². The number of carbonyl (C=O) groups excluding carboxylic acids is 3. The first kappa shape index (κ1) is 26.6. The molecule has 3 unspecified atom stereocenters. The van der Waals surface area contributed by atoms with Gasteiger partial charge in [-0.25, -0.2) is 4.79 Å². The number of rotatable bonds is 6. The first-order chi connectivity index (χ1) is 20.5. The van der Waals surface area contributed by atoms with Gasteiger partial charge in [0, 0.05) is 42.0 Å². The highest BCUT2D eigenvalue weighted by Gasteiger charge is 2.51. The molecule has 4 atom stereocenters. The summed E-state index contributed by atoms with van der Waals surface area (Å²) in [6.07, 6.45) is 1.46.